The molecule has 1 unspecified atom stereocenters. The van der Waals surface area contributed by atoms with Gasteiger partial charge in [-0.25, -0.2) is 0 Å². The Bertz CT molecular complexity index is 209. The Kier molecular flexibility index (Phi) is 8.43. The average Bonchev–Trinajstić information content (AvgIpc) is 2.18. The third-order valence-electron chi connectivity index (χ3n) is 1.62. The van der Waals surface area contributed by atoms with Crippen molar-refractivity contribution in [3.8, 4) is 0 Å². The second-order valence-electron chi connectivity index (χ2n) is 2.67. The van der Waals surface area contributed by atoms with Crippen LogP contribution in [-0.4, -0.2) is 24.1 Å². The fourth-order valence-electron chi connectivity index (χ4n) is 0.916. The van der Waals surface area contributed by atoms with Gasteiger partial charge in [0.1, 0.15) is 5.25 Å². The highest BCUT2D eigenvalue weighted by Gasteiger charge is 2.15. The van der Waals surface area contributed by atoms with E-state index in [1.165, 1.54) is 11.8 Å². The maximum atomic E-state index is 11.3. The van der Waals surface area contributed by atoms with Gasteiger partial charge in [0.05, 0.1) is 6.61 Å². The standard InChI is InChI=1S/C11H18O2S/c1-4-6-7-8-9-10(14-3)11(12)13-5-2/h4,6-8,10H,5,9H2,1-3H3/b6-4+,8-7+. The van der Waals surface area contributed by atoms with E-state index in [4.69, 9.17) is 4.74 Å². The third kappa shape index (κ3) is 5.86. The molecule has 80 valence electrons. The zero-order valence-corrected chi connectivity index (χ0v) is 9.84. The van der Waals surface area contributed by atoms with Crippen LogP contribution in [0.3, 0.4) is 0 Å². The van der Waals surface area contributed by atoms with Gasteiger partial charge in [-0.1, -0.05) is 24.3 Å². The van der Waals surface area contributed by atoms with Gasteiger partial charge in [0.2, 0.25) is 0 Å². The van der Waals surface area contributed by atoms with Gasteiger partial charge in [-0.2, -0.15) is 0 Å². The number of thioether (sulfide) groups is 1. The summed E-state index contributed by atoms with van der Waals surface area (Å²) in [5.74, 6) is -0.120. The Morgan fingerprint density at radius 2 is 2.21 bits per heavy atom. The van der Waals surface area contributed by atoms with Gasteiger partial charge >= 0.3 is 5.97 Å². The molecule has 3 heteroatoms. The Morgan fingerprint density at radius 3 is 2.71 bits per heavy atom. The first-order chi connectivity index (χ1) is 6.76. The molecule has 0 aromatic carbocycles. The SMILES string of the molecule is C/C=C/C=C/CC(SC)C(=O)OCC. The van der Waals surface area contributed by atoms with Crippen molar-refractivity contribution >= 4 is 17.7 Å². The Labute approximate surface area is 90.4 Å². The lowest BCUT2D eigenvalue weighted by Gasteiger charge is -2.09. The molecule has 0 aliphatic carbocycles. The van der Waals surface area contributed by atoms with Gasteiger partial charge in [0.25, 0.3) is 0 Å². The predicted molar refractivity (Wildman–Crippen MR) is 62.5 cm³/mol. The second-order valence-corrected chi connectivity index (χ2v) is 3.71. The highest BCUT2D eigenvalue weighted by atomic mass is 32.2. The minimum Gasteiger partial charge on any atom is -0.465 e. The molecule has 0 heterocycles. The Morgan fingerprint density at radius 1 is 1.50 bits per heavy atom. The lowest BCUT2D eigenvalue weighted by molar-refractivity contribution is -0.142. The molecule has 0 fully saturated rings. The number of rotatable bonds is 6. The van der Waals surface area contributed by atoms with Gasteiger partial charge in [-0.05, 0) is 26.5 Å². The van der Waals surface area contributed by atoms with Crippen LogP contribution < -0.4 is 0 Å². The van der Waals surface area contributed by atoms with Crippen LogP contribution in [0, 0.1) is 0 Å². The first kappa shape index (κ1) is 13.3. The molecule has 0 saturated carbocycles. The van der Waals surface area contributed by atoms with Gasteiger partial charge in [-0.3, -0.25) is 4.79 Å². The first-order valence-electron chi connectivity index (χ1n) is 4.73. The highest BCUT2D eigenvalue weighted by Crippen LogP contribution is 2.13. The Hall–Kier alpha value is -0.700. The van der Waals surface area contributed by atoms with E-state index in [2.05, 4.69) is 0 Å². The monoisotopic (exact) mass is 214 g/mol. The van der Waals surface area contributed by atoms with E-state index >= 15 is 0 Å². The number of hydrogen-bond acceptors (Lipinski definition) is 3. The minimum atomic E-state index is -0.120. The third-order valence-corrected chi connectivity index (χ3v) is 2.58. The maximum absolute atomic E-state index is 11.3. The van der Waals surface area contributed by atoms with E-state index in [1.54, 1.807) is 0 Å². The largest absolute Gasteiger partial charge is 0.465 e. The van der Waals surface area contributed by atoms with E-state index in [0.717, 1.165) is 6.42 Å². The molecule has 0 bridgehead atoms. The molecule has 0 amide bonds. The van der Waals surface area contributed by atoms with Crippen LogP contribution in [0.15, 0.2) is 24.3 Å². The van der Waals surface area contributed by atoms with Crippen LogP contribution in [0.1, 0.15) is 20.3 Å². The summed E-state index contributed by atoms with van der Waals surface area (Å²) in [7, 11) is 0. The van der Waals surface area contributed by atoms with Crippen LogP contribution in [-0.2, 0) is 9.53 Å². The molecule has 0 spiro atoms. The van der Waals surface area contributed by atoms with Crippen molar-refractivity contribution in [2.45, 2.75) is 25.5 Å². The van der Waals surface area contributed by atoms with Crippen LogP contribution >= 0.6 is 11.8 Å². The highest BCUT2D eigenvalue weighted by molar-refractivity contribution is 7.99. The fraction of sp³-hybridized carbons (Fsp3) is 0.545. The number of allylic oxidation sites excluding steroid dienone is 4. The predicted octanol–water partition coefficient (Wildman–Crippen LogP) is 2.80. The van der Waals surface area contributed by atoms with Crippen molar-refractivity contribution in [1.29, 1.82) is 0 Å². The summed E-state index contributed by atoms with van der Waals surface area (Å²) in [5.41, 5.74) is 0. The molecule has 0 radical (unpaired) electrons. The van der Waals surface area contributed by atoms with Gasteiger partial charge in [0.15, 0.2) is 0 Å². The zero-order valence-electron chi connectivity index (χ0n) is 9.03. The van der Waals surface area contributed by atoms with Gasteiger partial charge in [0, 0.05) is 0 Å². The van der Waals surface area contributed by atoms with Gasteiger partial charge in [-0.15, -0.1) is 11.8 Å². The van der Waals surface area contributed by atoms with Crippen molar-refractivity contribution in [1.82, 2.24) is 0 Å². The summed E-state index contributed by atoms with van der Waals surface area (Å²) < 4.78 is 4.94. The molecular weight excluding hydrogens is 196 g/mol. The molecule has 0 N–H and O–H groups in total. The molecule has 0 aromatic rings. The topological polar surface area (TPSA) is 26.3 Å². The lowest BCUT2D eigenvalue weighted by atomic mass is 10.3. The van der Waals surface area contributed by atoms with Gasteiger partial charge < -0.3 is 4.74 Å². The van der Waals surface area contributed by atoms with E-state index in [0.29, 0.717) is 6.61 Å². The molecule has 0 saturated heterocycles. The van der Waals surface area contributed by atoms with E-state index < -0.39 is 0 Å². The molecule has 0 aliphatic rings. The fourth-order valence-corrected chi connectivity index (χ4v) is 1.48. The smallest absolute Gasteiger partial charge is 0.319 e. The van der Waals surface area contributed by atoms with Crippen LogP contribution in [0.25, 0.3) is 0 Å². The molecule has 1 atom stereocenters. The van der Waals surface area contributed by atoms with Crippen LogP contribution in [0.2, 0.25) is 0 Å². The van der Waals surface area contributed by atoms with Crippen LogP contribution in [0.5, 0.6) is 0 Å². The van der Waals surface area contributed by atoms with E-state index in [1.807, 2.05) is 44.4 Å². The van der Waals surface area contributed by atoms with Crippen molar-refractivity contribution in [2.75, 3.05) is 12.9 Å². The number of carbonyl (C=O) groups excluding carboxylic acids is 1. The summed E-state index contributed by atoms with van der Waals surface area (Å²) in [4.78, 5) is 11.3. The number of hydrogen-bond donors (Lipinski definition) is 0. The number of carbonyl (C=O) groups is 1. The van der Waals surface area contributed by atoms with Crippen molar-refractivity contribution < 1.29 is 9.53 Å². The number of ether oxygens (including phenoxy) is 1. The molecule has 0 aromatic heterocycles. The minimum absolute atomic E-state index is 0.0727. The first-order valence-corrected chi connectivity index (χ1v) is 6.02. The summed E-state index contributed by atoms with van der Waals surface area (Å²) >= 11 is 1.53. The van der Waals surface area contributed by atoms with E-state index in [9.17, 15) is 4.79 Å². The summed E-state index contributed by atoms with van der Waals surface area (Å²) in [5, 5.41) is -0.0727. The van der Waals surface area contributed by atoms with Crippen molar-refractivity contribution in [2.24, 2.45) is 0 Å². The normalized spacial score (nSPS) is 13.6. The maximum Gasteiger partial charge on any atom is 0.319 e. The van der Waals surface area contributed by atoms with Crippen molar-refractivity contribution in [3.05, 3.63) is 24.3 Å². The summed E-state index contributed by atoms with van der Waals surface area (Å²) in [6, 6.07) is 0. The molecule has 14 heavy (non-hydrogen) atoms. The molecule has 2 nitrogen and oxygen atoms in total. The molecule has 0 rings (SSSR count). The molecular formula is C11H18O2S. The quantitative estimate of drug-likeness (QED) is 0.502. The van der Waals surface area contributed by atoms with Crippen LogP contribution in [0.4, 0.5) is 0 Å². The van der Waals surface area contributed by atoms with E-state index in [-0.39, 0.29) is 11.2 Å². The summed E-state index contributed by atoms with van der Waals surface area (Å²) in [6.45, 7) is 4.24. The average molecular weight is 214 g/mol. The zero-order chi connectivity index (χ0) is 10.8. The second kappa shape index (κ2) is 8.88. The molecule has 0 aliphatic heterocycles. The number of esters is 1. The van der Waals surface area contributed by atoms with Crippen molar-refractivity contribution in [3.63, 3.8) is 0 Å². The summed E-state index contributed by atoms with van der Waals surface area (Å²) in [6.07, 6.45) is 10.5. The Balaban J connectivity index is 3.95. The lowest BCUT2D eigenvalue weighted by Crippen LogP contribution is -2.19.